The second kappa shape index (κ2) is 7.38. The molecular formula is C15H22N4OS. The third-order valence-corrected chi connectivity index (χ3v) is 4.09. The van der Waals surface area contributed by atoms with Gasteiger partial charge in [-0.25, -0.2) is 0 Å². The number of hydrogen-bond donors (Lipinski definition) is 2. The summed E-state index contributed by atoms with van der Waals surface area (Å²) in [6.07, 6.45) is 1.73. The number of carbonyl (C=O) groups is 1. The minimum Gasteiger partial charge on any atom is -0.375 e. The van der Waals surface area contributed by atoms with Crippen molar-refractivity contribution in [2.24, 2.45) is 11.7 Å². The molecular weight excluding hydrogens is 284 g/mol. The summed E-state index contributed by atoms with van der Waals surface area (Å²) in [4.78, 5) is 14.5. The molecule has 0 spiro atoms. The Bertz CT molecular complexity index is 486. The van der Waals surface area contributed by atoms with Crippen LogP contribution in [0.25, 0.3) is 0 Å². The predicted molar refractivity (Wildman–Crippen MR) is 87.1 cm³/mol. The first kappa shape index (κ1) is 15.7. The summed E-state index contributed by atoms with van der Waals surface area (Å²) in [6, 6.07) is 10.4. The van der Waals surface area contributed by atoms with E-state index in [1.54, 1.807) is 7.05 Å². The van der Waals surface area contributed by atoms with Crippen LogP contribution in [0.3, 0.4) is 0 Å². The number of nitrogens with zero attached hydrogens (tertiary/aromatic N) is 2. The van der Waals surface area contributed by atoms with Gasteiger partial charge in [-0.3, -0.25) is 20.1 Å². The summed E-state index contributed by atoms with van der Waals surface area (Å²) in [7, 11) is 1.66. The number of nitrogens with two attached hydrogens (primary N) is 1. The smallest absolute Gasteiger partial charge is 0.241 e. The summed E-state index contributed by atoms with van der Waals surface area (Å²) in [5.41, 5.74) is 9.49. The fourth-order valence-electron chi connectivity index (χ4n) is 2.51. The summed E-state index contributed by atoms with van der Waals surface area (Å²) in [5, 5.41) is 1.57. The first-order chi connectivity index (χ1) is 10.1. The topological polar surface area (TPSA) is 61.6 Å². The Morgan fingerprint density at radius 3 is 2.57 bits per heavy atom. The van der Waals surface area contributed by atoms with E-state index in [4.69, 9.17) is 18.0 Å². The number of hydrogen-bond acceptors (Lipinski definition) is 3. The molecule has 0 radical (unpaired) electrons. The molecule has 2 rings (SSSR count). The van der Waals surface area contributed by atoms with Crippen molar-refractivity contribution in [3.05, 3.63) is 35.9 Å². The van der Waals surface area contributed by atoms with Crippen molar-refractivity contribution in [1.82, 2.24) is 15.3 Å². The monoisotopic (exact) mass is 306 g/mol. The van der Waals surface area contributed by atoms with Gasteiger partial charge in [-0.2, -0.15) is 0 Å². The lowest BCUT2D eigenvalue weighted by Gasteiger charge is -2.32. The van der Waals surface area contributed by atoms with E-state index in [0.29, 0.717) is 0 Å². The number of likely N-dealkylation sites (tertiary alicyclic amines) is 1. The number of piperidine rings is 1. The molecule has 1 aromatic rings. The standard InChI is InChI=1S/C15H22N4OS/c1-18(15(16)21)17-14(20)13-7-9-19(10-8-13)11-12-5-3-2-4-6-12/h2-6,13H,7-11H2,1H3,(H2,16,21)(H,17,20). The van der Waals surface area contributed by atoms with Gasteiger partial charge in [-0.15, -0.1) is 0 Å². The fourth-order valence-corrected chi connectivity index (χ4v) is 2.55. The van der Waals surface area contributed by atoms with Crippen molar-refractivity contribution in [3.63, 3.8) is 0 Å². The molecule has 0 bridgehead atoms. The normalized spacial score (nSPS) is 16.4. The van der Waals surface area contributed by atoms with Crippen molar-refractivity contribution in [2.45, 2.75) is 19.4 Å². The molecule has 3 N–H and O–H groups in total. The van der Waals surface area contributed by atoms with E-state index < -0.39 is 0 Å². The van der Waals surface area contributed by atoms with E-state index in [-0.39, 0.29) is 16.9 Å². The van der Waals surface area contributed by atoms with Crippen molar-refractivity contribution in [2.75, 3.05) is 20.1 Å². The number of nitrogens with one attached hydrogen (secondary N) is 1. The predicted octanol–water partition coefficient (Wildman–Crippen LogP) is 1.11. The highest BCUT2D eigenvalue weighted by atomic mass is 32.1. The summed E-state index contributed by atoms with van der Waals surface area (Å²) in [6.45, 7) is 2.81. The van der Waals surface area contributed by atoms with Crippen LogP contribution in [0.4, 0.5) is 0 Å². The third-order valence-electron chi connectivity index (χ3n) is 3.82. The average molecular weight is 306 g/mol. The molecule has 0 unspecified atom stereocenters. The van der Waals surface area contributed by atoms with Crippen molar-refractivity contribution in [1.29, 1.82) is 0 Å². The molecule has 5 nitrogen and oxygen atoms in total. The SMILES string of the molecule is CN(NC(=O)C1CCN(Cc2ccccc2)CC1)C(N)=S. The molecule has 0 aromatic heterocycles. The number of hydrazine groups is 1. The van der Waals surface area contributed by atoms with Crippen LogP contribution < -0.4 is 11.2 Å². The van der Waals surface area contributed by atoms with Gasteiger partial charge in [0.1, 0.15) is 0 Å². The van der Waals surface area contributed by atoms with E-state index in [0.717, 1.165) is 32.5 Å². The minimum absolute atomic E-state index is 0.00432. The van der Waals surface area contributed by atoms with Crippen molar-refractivity contribution < 1.29 is 4.79 Å². The van der Waals surface area contributed by atoms with Gasteiger partial charge in [0.05, 0.1) is 0 Å². The maximum atomic E-state index is 12.1. The van der Waals surface area contributed by atoms with Gasteiger partial charge in [0.2, 0.25) is 5.91 Å². The van der Waals surface area contributed by atoms with Crippen LogP contribution in [0.2, 0.25) is 0 Å². The van der Waals surface area contributed by atoms with E-state index >= 15 is 0 Å². The fraction of sp³-hybridized carbons (Fsp3) is 0.467. The molecule has 1 heterocycles. The molecule has 1 aromatic carbocycles. The molecule has 1 fully saturated rings. The Hall–Kier alpha value is -1.66. The van der Waals surface area contributed by atoms with Gasteiger partial charge >= 0.3 is 0 Å². The average Bonchev–Trinajstić information content (AvgIpc) is 2.48. The zero-order valence-corrected chi connectivity index (χ0v) is 13.1. The highest BCUT2D eigenvalue weighted by Crippen LogP contribution is 2.19. The zero-order valence-electron chi connectivity index (χ0n) is 12.3. The Morgan fingerprint density at radius 2 is 2.00 bits per heavy atom. The largest absolute Gasteiger partial charge is 0.375 e. The molecule has 0 atom stereocenters. The Morgan fingerprint density at radius 1 is 1.38 bits per heavy atom. The first-order valence-electron chi connectivity index (χ1n) is 7.16. The molecule has 0 saturated carbocycles. The van der Waals surface area contributed by atoms with Gasteiger partial charge in [0, 0.05) is 19.5 Å². The number of rotatable bonds is 3. The Balaban J connectivity index is 1.78. The molecule has 1 amide bonds. The first-order valence-corrected chi connectivity index (χ1v) is 7.57. The van der Waals surface area contributed by atoms with Crippen LogP contribution in [0, 0.1) is 5.92 Å². The van der Waals surface area contributed by atoms with E-state index in [2.05, 4.69) is 34.6 Å². The van der Waals surface area contributed by atoms with Crippen LogP contribution in [0.1, 0.15) is 18.4 Å². The maximum Gasteiger partial charge on any atom is 0.241 e. The Labute approximate surface area is 131 Å². The molecule has 1 aliphatic rings. The second-order valence-electron chi connectivity index (χ2n) is 5.41. The van der Waals surface area contributed by atoms with E-state index in [9.17, 15) is 4.79 Å². The van der Waals surface area contributed by atoms with E-state index in [1.807, 2.05) is 6.07 Å². The molecule has 0 aliphatic carbocycles. The van der Waals surface area contributed by atoms with Crippen LogP contribution in [-0.2, 0) is 11.3 Å². The van der Waals surface area contributed by atoms with Crippen LogP contribution >= 0.6 is 12.2 Å². The van der Waals surface area contributed by atoms with Gasteiger partial charge in [-0.1, -0.05) is 30.3 Å². The highest BCUT2D eigenvalue weighted by molar-refractivity contribution is 7.80. The third kappa shape index (κ3) is 4.68. The lowest BCUT2D eigenvalue weighted by atomic mass is 9.96. The summed E-state index contributed by atoms with van der Waals surface area (Å²) < 4.78 is 0. The van der Waals surface area contributed by atoms with Crippen LogP contribution in [0.15, 0.2) is 30.3 Å². The lowest BCUT2D eigenvalue weighted by Crippen LogP contribution is -2.49. The maximum absolute atomic E-state index is 12.1. The van der Waals surface area contributed by atoms with Crippen LogP contribution in [-0.4, -0.2) is 41.1 Å². The quantitative estimate of drug-likeness (QED) is 0.647. The number of carbonyl (C=O) groups excluding carboxylic acids is 1. The zero-order chi connectivity index (χ0) is 15.2. The van der Waals surface area contributed by atoms with Crippen LogP contribution in [0.5, 0.6) is 0 Å². The molecule has 1 saturated heterocycles. The molecule has 114 valence electrons. The van der Waals surface area contributed by atoms with Crippen molar-refractivity contribution >= 4 is 23.2 Å². The number of benzene rings is 1. The Kier molecular flexibility index (Phi) is 5.52. The second-order valence-corrected chi connectivity index (χ2v) is 5.83. The number of amides is 1. The highest BCUT2D eigenvalue weighted by Gasteiger charge is 2.25. The number of thiocarbonyl (C=S) groups is 1. The van der Waals surface area contributed by atoms with Gasteiger partial charge in [0.25, 0.3) is 0 Å². The summed E-state index contributed by atoms with van der Waals surface area (Å²) >= 11 is 4.81. The molecule has 21 heavy (non-hydrogen) atoms. The van der Waals surface area contributed by atoms with E-state index in [1.165, 1.54) is 10.6 Å². The van der Waals surface area contributed by atoms with Gasteiger partial charge in [-0.05, 0) is 43.7 Å². The lowest BCUT2D eigenvalue weighted by molar-refractivity contribution is -0.129. The molecule has 1 aliphatic heterocycles. The summed E-state index contributed by atoms with van der Waals surface area (Å²) in [5.74, 6) is 0.0403. The van der Waals surface area contributed by atoms with Gasteiger partial charge in [0.15, 0.2) is 5.11 Å². The van der Waals surface area contributed by atoms with Crippen molar-refractivity contribution in [3.8, 4) is 0 Å². The molecule has 6 heteroatoms. The minimum atomic E-state index is 0.00432. The van der Waals surface area contributed by atoms with Gasteiger partial charge < -0.3 is 5.73 Å².